The average Bonchev–Trinajstić information content (AvgIpc) is 3.04. The Morgan fingerprint density at radius 3 is 2.34 bits per heavy atom. The van der Waals surface area contributed by atoms with Gasteiger partial charge in [-0.3, -0.25) is 19.3 Å². The minimum absolute atomic E-state index is 0.0400. The van der Waals surface area contributed by atoms with Crippen molar-refractivity contribution >= 4 is 29.1 Å². The summed E-state index contributed by atoms with van der Waals surface area (Å²) < 4.78 is 15.9. The number of carbonyl (C=O) groups excluding carboxylic acids is 3. The molecule has 1 heterocycles. The summed E-state index contributed by atoms with van der Waals surface area (Å²) >= 11 is 0. The zero-order valence-electron chi connectivity index (χ0n) is 18.6. The molecule has 1 aliphatic rings. The Balaban J connectivity index is 1.69. The summed E-state index contributed by atoms with van der Waals surface area (Å²) in [4.78, 5) is 38.0. The minimum atomic E-state index is -0.714. The van der Waals surface area contributed by atoms with E-state index < -0.39 is 6.04 Å². The van der Waals surface area contributed by atoms with Crippen LogP contribution in [0.1, 0.15) is 18.9 Å². The van der Waals surface area contributed by atoms with Crippen molar-refractivity contribution in [3.63, 3.8) is 0 Å². The summed E-state index contributed by atoms with van der Waals surface area (Å²) in [7, 11) is 4.63. The summed E-state index contributed by atoms with van der Waals surface area (Å²) in [6, 6.07) is 9.84. The van der Waals surface area contributed by atoms with E-state index in [1.54, 1.807) is 38.5 Å². The quantitative estimate of drug-likeness (QED) is 0.576. The van der Waals surface area contributed by atoms with Gasteiger partial charge in [0.1, 0.15) is 11.8 Å². The highest BCUT2D eigenvalue weighted by Crippen LogP contribution is 2.31. The van der Waals surface area contributed by atoms with Crippen LogP contribution < -0.4 is 24.8 Å². The molecule has 1 atom stereocenters. The third kappa shape index (κ3) is 5.11. The second kappa shape index (κ2) is 10.0. The third-order valence-electron chi connectivity index (χ3n) is 5.17. The molecule has 2 aromatic rings. The smallest absolute Gasteiger partial charge is 0.252 e. The zero-order valence-corrected chi connectivity index (χ0v) is 18.6. The van der Waals surface area contributed by atoms with Gasteiger partial charge in [0.15, 0.2) is 11.5 Å². The second-order valence-corrected chi connectivity index (χ2v) is 7.32. The second-order valence-electron chi connectivity index (χ2n) is 7.32. The Hall–Kier alpha value is -3.75. The highest BCUT2D eigenvalue weighted by molar-refractivity contribution is 6.07. The van der Waals surface area contributed by atoms with Gasteiger partial charge in [0.25, 0.3) is 5.91 Å². The molecule has 170 valence electrons. The van der Waals surface area contributed by atoms with Crippen LogP contribution in [0.3, 0.4) is 0 Å². The first-order valence-electron chi connectivity index (χ1n) is 10.1. The van der Waals surface area contributed by atoms with E-state index in [1.165, 1.54) is 18.9 Å². The Labute approximate surface area is 186 Å². The van der Waals surface area contributed by atoms with Gasteiger partial charge >= 0.3 is 0 Å². The summed E-state index contributed by atoms with van der Waals surface area (Å²) in [5.41, 5.74) is 2.00. The molecule has 0 aliphatic carbocycles. The molecule has 0 radical (unpaired) electrons. The maximum Gasteiger partial charge on any atom is 0.252 e. The molecule has 1 saturated heterocycles. The lowest BCUT2D eigenvalue weighted by Gasteiger charge is -2.18. The molecule has 0 saturated carbocycles. The van der Waals surface area contributed by atoms with Gasteiger partial charge in [0, 0.05) is 19.2 Å². The van der Waals surface area contributed by atoms with Gasteiger partial charge < -0.3 is 24.8 Å². The average molecular weight is 441 g/mol. The largest absolute Gasteiger partial charge is 0.495 e. The summed E-state index contributed by atoms with van der Waals surface area (Å²) in [6.07, 6.45) is 0.532. The number of carbonyl (C=O) groups is 3. The van der Waals surface area contributed by atoms with E-state index in [9.17, 15) is 14.4 Å². The third-order valence-corrected chi connectivity index (χ3v) is 5.17. The number of anilines is 2. The summed E-state index contributed by atoms with van der Waals surface area (Å²) in [6.45, 7) is 1.67. The number of nitrogens with one attached hydrogen (secondary N) is 2. The van der Waals surface area contributed by atoms with Crippen LogP contribution in [0, 0.1) is 0 Å². The Kier molecular flexibility index (Phi) is 7.19. The molecule has 0 spiro atoms. The molecule has 32 heavy (non-hydrogen) atoms. The molecule has 9 heteroatoms. The van der Waals surface area contributed by atoms with Crippen molar-refractivity contribution in [2.75, 3.05) is 38.5 Å². The molecule has 9 nitrogen and oxygen atoms in total. The van der Waals surface area contributed by atoms with E-state index in [2.05, 4.69) is 10.6 Å². The Morgan fingerprint density at radius 2 is 1.69 bits per heavy atom. The number of likely N-dealkylation sites (tertiary alicyclic amines) is 1. The number of hydrogen-bond donors (Lipinski definition) is 2. The number of rotatable bonds is 9. The van der Waals surface area contributed by atoms with Crippen LogP contribution in [-0.2, 0) is 20.8 Å². The van der Waals surface area contributed by atoms with Gasteiger partial charge in [-0.1, -0.05) is 6.07 Å². The predicted molar refractivity (Wildman–Crippen MR) is 119 cm³/mol. The van der Waals surface area contributed by atoms with Gasteiger partial charge in [-0.05, 0) is 42.3 Å². The molecule has 1 aliphatic heterocycles. The standard InChI is InChI=1S/C23H27N3O6/c1-14(27)24-16-6-8-19(30-2)17(12-16)25-18-13-22(28)26(23(18)29)10-9-15-5-7-20(31-3)21(11-15)32-4/h5-8,11-12,18,25H,9-10,13H2,1-4H3,(H,24,27)/t18-/m0/s1. The van der Waals surface area contributed by atoms with Crippen molar-refractivity contribution in [1.82, 2.24) is 4.90 Å². The zero-order chi connectivity index (χ0) is 23.3. The van der Waals surface area contributed by atoms with Crippen molar-refractivity contribution in [2.24, 2.45) is 0 Å². The molecule has 0 bridgehead atoms. The monoisotopic (exact) mass is 441 g/mol. The predicted octanol–water partition coefficient (Wildman–Crippen LogP) is 2.45. The lowest BCUT2D eigenvalue weighted by Crippen LogP contribution is -2.36. The van der Waals surface area contributed by atoms with Crippen molar-refractivity contribution in [3.8, 4) is 17.2 Å². The van der Waals surface area contributed by atoms with Crippen LogP contribution in [0.15, 0.2) is 36.4 Å². The summed E-state index contributed by atoms with van der Waals surface area (Å²) in [5, 5.41) is 5.78. The fraction of sp³-hybridized carbons (Fsp3) is 0.348. The van der Waals surface area contributed by atoms with E-state index in [4.69, 9.17) is 14.2 Å². The molecule has 0 aromatic heterocycles. The fourth-order valence-corrected chi connectivity index (χ4v) is 3.60. The van der Waals surface area contributed by atoms with Gasteiger partial charge in [-0.25, -0.2) is 0 Å². The first kappa shape index (κ1) is 22.9. The number of nitrogens with zero attached hydrogens (tertiary/aromatic N) is 1. The van der Waals surface area contributed by atoms with Crippen LogP contribution in [0.25, 0.3) is 0 Å². The fourth-order valence-electron chi connectivity index (χ4n) is 3.60. The van der Waals surface area contributed by atoms with Crippen molar-refractivity contribution in [3.05, 3.63) is 42.0 Å². The van der Waals surface area contributed by atoms with Gasteiger partial charge in [0.2, 0.25) is 11.8 Å². The lowest BCUT2D eigenvalue weighted by molar-refractivity contribution is -0.138. The molecule has 2 N–H and O–H groups in total. The number of hydrogen-bond acceptors (Lipinski definition) is 7. The topological polar surface area (TPSA) is 106 Å². The number of ether oxygens (including phenoxy) is 3. The molecule has 0 unspecified atom stereocenters. The van der Waals surface area contributed by atoms with Crippen LogP contribution in [0.2, 0.25) is 0 Å². The van der Waals surface area contributed by atoms with E-state index >= 15 is 0 Å². The normalized spacial score (nSPS) is 15.5. The minimum Gasteiger partial charge on any atom is -0.495 e. The molecular weight excluding hydrogens is 414 g/mol. The van der Waals surface area contributed by atoms with E-state index in [-0.39, 0.29) is 30.7 Å². The Bertz CT molecular complexity index is 1020. The molecule has 3 rings (SSSR count). The van der Waals surface area contributed by atoms with Gasteiger partial charge in [-0.2, -0.15) is 0 Å². The summed E-state index contributed by atoms with van der Waals surface area (Å²) in [5.74, 6) is 0.948. The highest BCUT2D eigenvalue weighted by Gasteiger charge is 2.38. The first-order valence-corrected chi connectivity index (χ1v) is 10.1. The van der Waals surface area contributed by atoms with Crippen molar-refractivity contribution in [2.45, 2.75) is 25.8 Å². The number of benzene rings is 2. The highest BCUT2D eigenvalue weighted by atomic mass is 16.5. The first-order chi connectivity index (χ1) is 15.4. The number of imide groups is 1. The molecule has 2 aromatic carbocycles. The number of methoxy groups -OCH3 is 3. The molecular formula is C23H27N3O6. The van der Waals surface area contributed by atoms with Crippen molar-refractivity contribution in [1.29, 1.82) is 0 Å². The van der Waals surface area contributed by atoms with Crippen molar-refractivity contribution < 1.29 is 28.6 Å². The van der Waals surface area contributed by atoms with Crippen LogP contribution in [0.4, 0.5) is 11.4 Å². The lowest BCUT2D eigenvalue weighted by atomic mass is 10.1. The Morgan fingerprint density at radius 1 is 1.00 bits per heavy atom. The van der Waals surface area contributed by atoms with Gasteiger partial charge in [0.05, 0.1) is 33.4 Å². The maximum absolute atomic E-state index is 12.9. The number of amides is 3. The van der Waals surface area contributed by atoms with Crippen LogP contribution in [0.5, 0.6) is 17.2 Å². The van der Waals surface area contributed by atoms with Crippen LogP contribution in [-0.4, -0.2) is 56.5 Å². The van der Waals surface area contributed by atoms with E-state index in [0.717, 1.165) is 5.56 Å². The van der Waals surface area contributed by atoms with E-state index in [1.807, 2.05) is 12.1 Å². The molecule has 3 amide bonds. The van der Waals surface area contributed by atoms with E-state index in [0.29, 0.717) is 35.0 Å². The van der Waals surface area contributed by atoms with Crippen LogP contribution >= 0.6 is 0 Å². The molecule has 1 fully saturated rings. The maximum atomic E-state index is 12.9. The SMILES string of the molecule is COc1ccc(NC(C)=O)cc1N[C@H]1CC(=O)N(CCc2ccc(OC)c(OC)c2)C1=O. The van der Waals surface area contributed by atoms with Gasteiger partial charge in [-0.15, -0.1) is 0 Å².